The number of fused-ring (bicyclic) bond motifs is 1. The van der Waals surface area contributed by atoms with Gasteiger partial charge in [0, 0.05) is 11.9 Å². The van der Waals surface area contributed by atoms with E-state index in [2.05, 4.69) is 37.1 Å². The highest BCUT2D eigenvalue weighted by Crippen LogP contribution is 2.49. The highest BCUT2D eigenvalue weighted by Gasteiger charge is 2.37. The number of amides is 1. The number of benzene rings is 1. The molecule has 4 heteroatoms. The van der Waals surface area contributed by atoms with Crippen LogP contribution in [-0.2, 0) is 5.41 Å². The van der Waals surface area contributed by atoms with Crippen molar-refractivity contribution in [1.82, 2.24) is 4.98 Å². The third-order valence-electron chi connectivity index (χ3n) is 4.74. The minimum atomic E-state index is -0.212. The number of carbonyl (C=O) groups excluding carboxylic acids is 1. The molecule has 120 valence electrons. The minimum Gasteiger partial charge on any atom is -0.322 e. The van der Waals surface area contributed by atoms with Gasteiger partial charge in [0.15, 0.2) is 0 Å². The van der Waals surface area contributed by atoms with Crippen molar-refractivity contribution in [1.29, 1.82) is 0 Å². The van der Waals surface area contributed by atoms with Gasteiger partial charge in [-0.2, -0.15) is 0 Å². The first-order valence-corrected chi connectivity index (χ1v) is 8.37. The number of rotatable bonds is 3. The molecule has 0 fully saturated rings. The zero-order valence-corrected chi connectivity index (χ0v) is 14.4. The Labute approximate surface area is 142 Å². The summed E-state index contributed by atoms with van der Waals surface area (Å²) in [6.45, 7) is 6.74. The monoisotopic (exact) mass is 328 g/mol. The number of anilines is 1. The normalized spacial score (nSPS) is 18.5. The number of carbonyl (C=O) groups is 1. The lowest BCUT2D eigenvalue weighted by molar-refractivity contribution is 0.102. The molecule has 0 radical (unpaired) electrons. The van der Waals surface area contributed by atoms with Crippen LogP contribution in [0.25, 0.3) is 0 Å². The molecule has 0 saturated carbocycles. The van der Waals surface area contributed by atoms with Gasteiger partial charge >= 0.3 is 0 Å². The van der Waals surface area contributed by atoms with Gasteiger partial charge in [0.25, 0.3) is 5.91 Å². The molecule has 0 spiro atoms. The molecule has 1 heterocycles. The van der Waals surface area contributed by atoms with Crippen LogP contribution in [0, 0.1) is 0 Å². The van der Waals surface area contributed by atoms with Crippen molar-refractivity contribution in [2.24, 2.45) is 0 Å². The number of nitrogens with zero attached hydrogens (tertiary/aromatic N) is 1. The van der Waals surface area contributed by atoms with Crippen LogP contribution in [0.4, 0.5) is 5.69 Å². The molecule has 0 bridgehead atoms. The minimum absolute atomic E-state index is 0.142. The molecule has 3 nitrogen and oxygen atoms in total. The van der Waals surface area contributed by atoms with Crippen LogP contribution in [0.2, 0.25) is 5.15 Å². The van der Waals surface area contributed by atoms with E-state index in [1.807, 2.05) is 12.1 Å². The number of hydrogen-bond acceptors (Lipinski definition) is 2. The maximum atomic E-state index is 12.6. The summed E-state index contributed by atoms with van der Waals surface area (Å²) in [5.41, 5.74) is 4.04. The maximum absolute atomic E-state index is 12.6. The van der Waals surface area contributed by atoms with Crippen molar-refractivity contribution < 1.29 is 4.79 Å². The van der Waals surface area contributed by atoms with Gasteiger partial charge in [-0.3, -0.25) is 4.79 Å². The fourth-order valence-corrected chi connectivity index (χ4v) is 3.83. The van der Waals surface area contributed by atoms with E-state index in [0.29, 0.717) is 11.5 Å². The first kappa shape index (κ1) is 16.0. The zero-order chi connectivity index (χ0) is 16.6. The van der Waals surface area contributed by atoms with Crippen molar-refractivity contribution in [3.05, 3.63) is 58.4 Å². The summed E-state index contributed by atoms with van der Waals surface area (Å²) in [5, 5.41) is 3.26. The van der Waals surface area contributed by atoms with E-state index in [0.717, 1.165) is 18.5 Å². The Hall–Kier alpha value is -1.87. The first-order chi connectivity index (χ1) is 10.9. The molecule has 1 aliphatic rings. The fourth-order valence-electron chi connectivity index (χ4n) is 3.63. The molecule has 1 aliphatic carbocycles. The van der Waals surface area contributed by atoms with Gasteiger partial charge in [-0.1, -0.05) is 44.5 Å². The molecule has 23 heavy (non-hydrogen) atoms. The summed E-state index contributed by atoms with van der Waals surface area (Å²) in [4.78, 5) is 16.5. The molecular formula is C19H21ClN2O. The molecule has 1 aromatic heterocycles. The van der Waals surface area contributed by atoms with Crippen LogP contribution >= 0.6 is 11.6 Å². The summed E-state index contributed by atoms with van der Waals surface area (Å²) in [7, 11) is 0. The Bertz CT molecular complexity index is 755. The number of halogens is 1. The average molecular weight is 329 g/mol. The summed E-state index contributed by atoms with van der Waals surface area (Å²) in [6.07, 6.45) is 3.76. The van der Waals surface area contributed by atoms with Crippen molar-refractivity contribution in [3.8, 4) is 0 Å². The second-order valence-electron chi connectivity index (χ2n) is 6.76. The predicted octanol–water partition coefficient (Wildman–Crippen LogP) is 5.16. The molecule has 1 aromatic carbocycles. The van der Waals surface area contributed by atoms with Gasteiger partial charge in [0.2, 0.25) is 0 Å². The van der Waals surface area contributed by atoms with Gasteiger partial charge in [-0.25, -0.2) is 4.98 Å². The molecule has 2 aromatic rings. The summed E-state index contributed by atoms with van der Waals surface area (Å²) in [5.74, 6) is 0.261. The highest BCUT2D eigenvalue weighted by atomic mass is 35.5. The molecule has 1 atom stereocenters. The van der Waals surface area contributed by atoms with Crippen molar-refractivity contribution in [3.63, 3.8) is 0 Å². The quantitative estimate of drug-likeness (QED) is 0.790. The lowest BCUT2D eigenvalue weighted by Gasteiger charge is -2.19. The van der Waals surface area contributed by atoms with Crippen LogP contribution in [0.15, 0.2) is 36.5 Å². The van der Waals surface area contributed by atoms with Crippen LogP contribution in [0.3, 0.4) is 0 Å². The summed E-state index contributed by atoms with van der Waals surface area (Å²) in [6, 6.07) is 9.57. The van der Waals surface area contributed by atoms with E-state index >= 15 is 0 Å². The van der Waals surface area contributed by atoms with E-state index < -0.39 is 0 Å². The number of aromatic nitrogens is 1. The fraction of sp³-hybridized carbons (Fsp3) is 0.368. The highest BCUT2D eigenvalue weighted by molar-refractivity contribution is 6.33. The van der Waals surface area contributed by atoms with Gasteiger partial charge in [0.05, 0.1) is 5.56 Å². The van der Waals surface area contributed by atoms with Crippen molar-refractivity contribution in [2.45, 2.75) is 44.9 Å². The lowest BCUT2D eigenvalue weighted by atomic mass is 9.86. The van der Waals surface area contributed by atoms with Crippen molar-refractivity contribution >= 4 is 23.2 Å². The van der Waals surface area contributed by atoms with E-state index in [1.165, 1.54) is 11.1 Å². The van der Waals surface area contributed by atoms with E-state index in [4.69, 9.17) is 11.6 Å². The topological polar surface area (TPSA) is 42.0 Å². The van der Waals surface area contributed by atoms with Crippen LogP contribution in [0.1, 0.15) is 61.0 Å². The predicted molar refractivity (Wildman–Crippen MR) is 94.3 cm³/mol. The second kappa shape index (κ2) is 5.97. The largest absolute Gasteiger partial charge is 0.322 e. The zero-order valence-electron chi connectivity index (χ0n) is 13.7. The first-order valence-electron chi connectivity index (χ1n) is 7.99. The van der Waals surface area contributed by atoms with Gasteiger partial charge in [0.1, 0.15) is 5.15 Å². The Balaban J connectivity index is 1.98. The summed E-state index contributed by atoms with van der Waals surface area (Å²) < 4.78 is 0. The van der Waals surface area contributed by atoms with E-state index in [9.17, 15) is 4.79 Å². The van der Waals surface area contributed by atoms with Crippen LogP contribution in [-0.4, -0.2) is 10.9 Å². The Morgan fingerprint density at radius 2 is 2.13 bits per heavy atom. The third-order valence-corrected chi connectivity index (χ3v) is 5.05. The Morgan fingerprint density at radius 3 is 2.83 bits per heavy atom. The van der Waals surface area contributed by atoms with E-state index in [-0.39, 0.29) is 16.5 Å². The summed E-state index contributed by atoms with van der Waals surface area (Å²) >= 11 is 6.03. The molecular weight excluding hydrogens is 308 g/mol. The average Bonchev–Trinajstić information content (AvgIpc) is 2.80. The molecule has 1 unspecified atom stereocenters. The molecule has 3 rings (SSSR count). The number of nitrogens with one attached hydrogen (secondary N) is 1. The SMILES string of the molecule is CCC1CC(C)(C)c2cccc(NC(=O)c3cccnc3Cl)c21. The smallest absolute Gasteiger partial charge is 0.258 e. The van der Waals surface area contributed by atoms with Gasteiger partial charge in [-0.15, -0.1) is 0 Å². The number of pyridine rings is 1. The van der Waals surface area contributed by atoms with Gasteiger partial charge < -0.3 is 5.32 Å². The van der Waals surface area contributed by atoms with Crippen LogP contribution < -0.4 is 5.32 Å². The molecule has 1 amide bonds. The Morgan fingerprint density at radius 1 is 1.35 bits per heavy atom. The number of hydrogen-bond donors (Lipinski definition) is 1. The Kier molecular flexibility index (Phi) is 4.15. The molecule has 1 N–H and O–H groups in total. The van der Waals surface area contributed by atoms with Crippen LogP contribution in [0.5, 0.6) is 0 Å². The van der Waals surface area contributed by atoms with Gasteiger partial charge in [-0.05, 0) is 53.5 Å². The molecule has 0 saturated heterocycles. The standard InChI is InChI=1S/C19H21ClN2O/c1-4-12-11-19(2,3)14-8-5-9-15(16(12)14)22-18(23)13-7-6-10-21-17(13)20/h5-10,12H,4,11H2,1-3H3,(H,22,23). The van der Waals surface area contributed by atoms with E-state index in [1.54, 1.807) is 18.3 Å². The van der Waals surface area contributed by atoms with Crippen molar-refractivity contribution in [2.75, 3.05) is 5.32 Å². The second-order valence-corrected chi connectivity index (χ2v) is 7.11. The lowest BCUT2D eigenvalue weighted by Crippen LogP contribution is -2.15. The maximum Gasteiger partial charge on any atom is 0.258 e. The molecule has 0 aliphatic heterocycles. The third kappa shape index (κ3) is 2.86.